The fourth-order valence-corrected chi connectivity index (χ4v) is 5.95. The highest BCUT2D eigenvalue weighted by Gasteiger charge is 2.47. The monoisotopic (exact) mass is 501 g/mol. The SMILES string of the molecule is COc1ccc(N2C(=O)CC(N(Cc3cccnc3)S(=O)(=O)c3ccc4ccccc4c3)C2=O)cc1. The molecule has 0 saturated carbocycles. The van der Waals surface area contributed by atoms with Gasteiger partial charge in [-0.2, -0.15) is 4.31 Å². The van der Waals surface area contributed by atoms with Gasteiger partial charge in [-0.05, 0) is 58.8 Å². The van der Waals surface area contributed by atoms with Crippen molar-refractivity contribution in [2.45, 2.75) is 23.9 Å². The van der Waals surface area contributed by atoms with E-state index in [1.165, 1.54) is 13.2 Å². The average Bonchev–Trinajstić information content (AvgIpc) is 3.20. The van der Waals surface area contributed by atoms with E-state index < -0.39 is 27.9 Å². The minimum absolute atomic E-state index is 0.0493. The van der Waals surface area contributed by atoms with E-state index in [1.807, 2.05) is 24.3 Å². The van der Waals surface area contributed by atoms with E-state index in [4.69, 9.17) is 4.74 Å². The van der Waals surface area contributed by atoms with Crippen molar-refractivity contribution >= 4 is 38.3 Å². The summed E-state index contributed by atoms with van der Waals surface area (Å²) in [5, 5.41) is 1.65. The number of rotatable bonds is 7. The lowest BCUT2D eigenvalue weighted by Crippen LogP contribution is -2.45. The minimum Gasteiger partial charge on any atom is -0.497 e. The van der Waals surface area contributed by atoms with Crippen LogP contribution in [-0.2, 0) is 26.2 Å². The lowest BCUT2D eigenvalue weighted by atomic mass is 10.1. The van der Waals surface area contributed by atoms with Gasteiger partial charge < -0.3 is 4.74 Å². The van der Waals surface area contributed by atoms with Crippen LogP contribution in [0.1, 0.15) is 12.0 Å². The highest BCUT2D eigenvalue weighted by molar-refractivity contribution is 7.89. The van der Waals surface area contributed by atoms with Crippen LogP contribution in [0.15, 0.2) is 96.2 Å². The van der Waals surface area contributed by atoms with Crippen LogP contribution in [0.2, 0.25) is 0 Å². The van der Waals surface area contributed by atoms with Crippen LogP contribution in [0.5, 0.6) is 5.75 Å². The second-order valence-corrected chi connectivity index (χ2v) is 10.3. The first-order valence-electron chi connectivity index (χ1n) is 11.3. The van der Waals surface area contributed by atoms with Crippen LogP contribution < -0.4 is 9.64 Å². The first-order valence-corrected chi connectivity index (χ1v) is 12.7. The van der Waals surface area contributed by atoms with Crippen LogP contribution in [0.25, 0.3) is 10.8 Å². The van der Waals surface area contributed by atoms with Crippen LogP contribution in [0, 0.1) is 0 Å². The number of carbonyl (C=O) groups excluding carboxylic acids is 2. The van der Waals surface area contributed by atoms with Gasteiger partial charge in [-0.3, -0.25) is 14.6 Å². The summed E-state index contributed by atoms with van der Waals surface area (Å²) in [5.74, 6) is -0.495. The number of amides is 2. The molecule has 0 spiro atoms. The van der Waals surface area contributed by atoms with Crippen molar-refractivity contribution in [1.29, 1.82) is 0 Å². The largest absolute Gasteiger partial charge is 0.497 e. The summed E-state index contributed by atoms with van der Waals surface area (Å²) in [7, 11) is -2.64. The lowest BCUT2D eigenvalue weighted by Gasteiger charge is -2.27. The second kappa shape index (κ2) is 9.52. The summed E-state index contributed by atoms with van der Waals surface area (Å²) in [6, 6.07) is 21.0. The predicted octanol–water partition coefficient (Wildman–Crippen LogP) is 3.77. The van der Waals surface area contributed by atoms with Gasteiger partial charge in [-0.25, -0.2) is 13.3 Å². The van der Waals surface area contributed by atoms with E-state index in [-0.39, 0.29) is 17.9 Å². The Balaban J connectivity index is 1.55. The number of methoxy groups -OCH3 is 1. The van der Waals surface area contributed by atoms with Crippen molar-refractivity contribution in [3.8, 4) is 5.75 Å². The summed E-state index contributed by atoms with van der Waals surface area (Å²) in [4.78, 5) is 31.7. The topological polar surface area (TPSA) is 96.9 Å². The maximum absolute atomic E-state index is 14.0. The number of anilines is 1. The maximum Gasteiger partial charge on any atom is 0.252 e. The third kappa shape index (κ3) is 4.34. The van der Waals surface area contributed by atoms with Crippen LogP contribution in [-0.4, -0.2) is 42.7 Å². The molecule has 0 N–H and O–H groups in total. The van der Waals surface area contributed by atoms with Gasteiger partial charge in [0.15, 0.2) is 0 Å². The summed E-state index contributed by atoms with van der Waals surface area (Å²) in [6.07, 6.45) is 2.87. The molecule has 0 radical (unpaired) electrons. The molecule has 9 heteroatoms. The molecule has 5 rings (SSSR count). The van der Waals surface area contributed by atoms with Gasteiger partial charge in [-0.15, -0.1) is 0 Å². The number of nitrogens with zero attached hydrogens (tertiary/aromatic N) is 3. The number of aromatic nitrogens is 1. The molecule has 1 saturated heterocycles. The molecule has 1 aliphatic rings. The smallest absolute Gasteiger partial charge is 0.252 e. The van der Waals surface area contributed by atoms with Crippen molar-refractivity contribution in [3.05, 3.63) is 96.8 Å². The molecule has 1 aliphatic heterocycles. The van der Waals surface area contributed by atoms with Crippen molar-refractivity contribution in [1.82, 2.24) is 9.29 Å². The maximum atomic E-state index is 14.0. The minimum atomic E-state index is -4.16. The predicted molar refractivity (Wildman–Crippen MR) is 135 cm³/mol. The Morgan fingerprint density at radius 1 is 0.972 bits per heavy atom. The molecule has 1 fully saturated rings. The molecule has 1 aromatic heterocycles. The molecule has 4 aromatic rings. The van der Waals surface area contributed by atoms with E-state index in [2.05, 4.69) is 4.98 Å². The van der Waals surface area contributed by atoms with Crippen molar-refractivity contribution in [2.24, 2.45) is 0 Å². The highest BCUT2D eigenvalue weighted by Crippen LogP contribution is 2.32. The Labute approximate surface area is 208 Å². The summed E-state index contributed by atoms with van der Waals surface area (Å²) in [6.45, 7) is -0.108. The molecule has 2 amide bonds. The van der Waals surface area contributed by atoms with E-state index in [1.54, 1.807) is 60.9 Å². The Morgan fingerprint density at radius 3 is 2.42 bits per heavy atom. The number of benzene rings is 3. The molecule has 3 aromatic carbocycles. The number of ether oxygens (including phenoxy) is 1. The zero-order valence-electron chi connectivity index (χ0n) is 19.4. The molecule has 1 atom stereocenters. The Hall–Kier alpha value is -4.08. The number of fused-ring (bicyclic) bond motifs is 1. The van der Waals surface area contributed by atoms with E-state index in [0.29, 0.717) is 17.0 Å². The summed E-state index contributed by atoms with van der Waals surface area (Å²) >= 11 is 0. The van der Waals surface area contributed by atoms with E-state index in [9.17, 15) is 18.0 Å². The standard InChI is InChI=1S/C27H23N3O5S/c1-35-23-11-9-22(10-12-23)30-26(31)16-25(27(30)32)29(18-19-5-4-14-28-17-19)36(33,34)24-13-8-20-6-2-3-7-21(20)15-24/h2-15,17,25H,16,18H2,1H3. The third-order valence-electron chi connectivity index (χ3n) is 6.19. The first-order chi connectivity index (χ1) is 17.4. The fraction of sp³-hybridized carbons (Fsp3) is 0.148. The van der Waals surface area contributed by atoms with Crippen LogP contribution in [0.3, 0.4) is 0 Å². The van der Waals surface area contributed by atoms with Gasteiger partial charge >= 0.3 is 0 Å². The second-order valence-electron chi connectivity index (χ2n) is 8.41. The highest BCUT2D eigenvalue weighted by atomic mass is 32.2. The quantitative estimate of drug-likeness (QED) is 0.358. The number of sulfonamides is 1. The summed E-state index contributed by atoms with van der Waals surface area (Å²) in [5.41, 5.74) is 0.961. The van der Waals surface area contributed by atoms with E-state index in [0.717, 1.165) is 20.0 Å². The first kappa shape index (κ1) is 23.7. The Bertz CT molecular complexity index is 1540. The Kier molecular flexibility index (Phi) is 6.26. The van der Waals surface area contributed by atoms with E-state index >= 15 is 0 Å². The molecule has 1 unspecified atom stereocenters. The van der Waals surface area contributed by atoms with Crippen molar-refractivity contribution < 1.29 is 22.7 Å². The summed E-state index contributed by atoms with van der Waals surface area (Å²) < 4.78 is 34.2. The number of imide groups is 1. The van der Waals surface area contributed by atoms with Gasteiger partial charge in [0, 0.05) is 18.9 Å². The zero-order chi connectivity index (χ0) is 25.3. The molecule has 36 heavy (non-hydrogen) atoms. The lowest BCUT2D eigenvalue weighted by molar-refractivity contribution is -0.122. The zero-order valence-corrected chi connectivity index (χ0v) is 20.3. The van der Waals surface area contributed by atoms with Gasteiger partial charge in [-0.1, -0.05) is 36.4 Å². The van der Waals surface area contributed by atoms with Crippen LogP contribution >= 0.6 is 0 Å². The third-order valence-corrected chi connectivity index (χ3v) is 8.04. The number of carbonyl (C=O) groups is 2. The number of pyridine rings is 1. The molecular formula is C27H23N3O5S. The fourth-order valence-electron chi connectivity index (χ4n) is 4.34. The Morgan fingerprint density at radius 2 is 1.72 bits per heavy atom. The molecule has 0 bridgehead atoms. The molecule has 2 heterocycles. The number of hydrogen-bond acceptors (Lipinski definition) is 6. The van der Waals surface area contributed by atoms with Crippen molar-refractivity contribution in [2.75, 3.05) is 12.0 Å². The number of hydrogen-bond donors (Lipinski definition) is 0. The van der Waals surface area contributed by atoms with Gasteiger partial charge in [0.05, 0.1) is 24.1 Å². The normalized spacial score (nSPS) is 16.2. The molecular weight excluding hydrogens is 478 g/mol. The van der Waals surface area contributed by atoms with Gasteiger partial charge in [0.2, 0.25) is 15.9 Å². The molecule has 182 valence electrons. The molecule has 0 aliphatic carbocycles. The van der Waals surface area contributed by atoms with Crippen molar-refractivity contribution in [3.63, 3.8) is 0 Å². The van der Waals surface area contributed by atoms with Gasteiger partial charge in [0.25, 0.3) is 5.91 Å². The van der Waals surface area contributed by atoms with Gasteiger partial charge in [0.1, 0.15) is 11.8 Å². The van der Waals surface area contributed by atoms with Crippen LogP contribution in [0.4, 0.5) is 5.69 Å². The average molecular weight is 502 g/mol. The molecule has 8 nitrogen and oxygen atoms in total.